The first kappa shape index (κ1) is 13.3. The Hall–Kier alpha value is -2.11. The molecule has 0 unspecified atom stereocenters. The number of hydrogen-bond acceptors (Lipinski definition) is 4. The molecule has 1 saturated heterocycles. The summed E-state index contributed by atoms with van der Waals surface area (Å²) in [5, 5.41) is 12.5. The van der Waals surface area contributed by atoms with Gasteiger partial charge in [-0.3, -0.25) is 9.59 Å². The van der Waals surface area contributed by atoms with Crippen LogP contribution < -0.4 is 5.32 Å². The van der Waals surface area contributed by atoms with E-state index in [0.717, 1.165) is 12.8 Å². The van der Waals surface area contributed by atoms with E-state index in [4.69, 9.17) is 0 Å². The quantitative estimate of drug-likeness (QED) is 0.815. The molecule has 1 aliphatic heterocycles. The third kappa shape index (κ3) is 3.21. The number of nitrogens with one attached hydrogen (secondary N) is 1. The number of hydrogen-bond donors (Lipinski definition) is 2. The van der Waals surface area contributed by atoms with Crippen molar-refractivity contribution in [2.75, 3.05) is 13.1 Å². The van der Waals surface area contributed by atoms with Crippen LogP contribution in [0.3, 0.4) is 0 Å². The number of aromatic nitrogens is 1. The number of nitrogens with zero attached hydrogens (tertiary/aromatic N) is 2. The highest BCUT2D eigenvalue weighted by Gasteiger charge is 2.26. The van der Waals surface area contributed by atoms with Crippen LogP contribution in [-0.2, 0) is 4.79 Å². The molecule has 0 atom stereocenters. The van der Waals surface area contributed by atoms with Crippen LogP contribution in [-0.4, -0.2) is 45.9 Å². The van der Waals surface area contributed by atoms with Gasteiger partial charge >= 0.3 is 0 Å². The topological polar surface area (TPSA) is 82.5 Å². The highest BCUT2D eigenvalue weighted by atomic mass is 16.3. The van der Waals surface area contributed by atoms with Gasteiger partial charge < -0.3 is 15.3 Å². The lowest BCUT2D eigenvalue weighted by Gasteiger charge is -2.32. The van der Waals surface area contributed by atoms with Gasteiger partial charge in [0.25, 0.3) is 5.91 Å². The highest BCUT2D eigenvalue weighted by Crippen LogP contribution is 2.18. The number of piperidine rings is 1. The van der Waals surface area contributed by atoms with Crippen molar-refractivity contribution in [3.63, 3.8) is 0 Å². The lowest BCUT2D eigenvalue weighted by atomic mass is 10.0. The normalized spacial score (nSPS) is 16.2. The van der Waals surface area contributed by atoms with Crippen molar-refractivity contribution < 1.29 is 14.7 Å². The Bertz CT molecular complexity index is 482. The van der Waals surface area contributed by atoms with Gasteiger partial charge in [0.2, 0.25) is 5.91 Å². The molecule has 2 amide bonds. The smallest absolute Gasteiger partial charge is 0.276 e. The second kappa shape index (κ2) is 5.69. The number of aromatic hydroxyl groups is 1. The molecule has 0 spiro atoms. The first-order valence-electron chi connectivity index (χ1n) is 6.28. The Kier molecular flexibility index (Phi) is 3.99. The summed E-state index contributed by atoms with van der Waals surface area (Å²) in [5.41, 5.74) is 0.0838. The molecule has 0 aromatic carbocycles. The van der Waals surface area contributed by atoms with Crippen LogP contribution in [0.1, 0.15) is 30.3 Å². The van der Waals surface area contributed by atoms with Crippen molar-refractivity contribution in [2.24, 2.45) is 0 Å². The molecule has 102 valence electrons. The van der Waals surface area contributed by atoms with Crippen molar-refractivity contribution in [2.45, 2.75) is 25.8 Å². The minimum Gasteiger partial charge on any atom is -0.505 e. The van der Waals surface area contributed by atoms with Gasteiger partial charge in [-0.25, -0.2) is 4.98 Å². The molecule has 2 N–H and O–H groups in total. The lowest BCUT2D eigenvalue weighted by Crippen LogP contribution is -2.46. The van der Waals surface area contributed by atoms with E-state index in [1.54, 1.807) is 11.0 Å². The summed E-state index contributed by atoms with van der Waals surface area (Å²) in [4.78, 5) is 28.7. The zero-order valence-corrected chi connectivity index (χ0v) is 10.8. The predicted octanol–water partition coefficient (Wildman–Crippen LogP) is 0.528. The van der Waals surface area contributed by atoms with Gasteiger partial charge in [-0.1, -0.05) is 0 Å². The Labute approximate surface area is 111 Å². The van der Waals surface area contributed by atoms with E-state index in [-0.39, 0.29) is 29.3 Å². The number of carbonyl (C=O) groups excluding carboxylic acids is 2. The highest BCUT2D eigenvalue weighted by molar-refractivity contribution is 5.94. The summed E-state index contributed by atoms with van der Waals surface area (Å²) in [7, 11) is 0. The molecule has 1 aromatic heterocycles. The van der Waals surface area contributed by atoms with Gasteiger partial charge in [0.15, 0.2) is 5.69 Å². The summed E-state index contributed by atoms with van der Waals surface area (Å²) >= 11 is 0. The van der Waals surface area contributed by atoms with Crippen LogP contribution in [0.4, 0.5) is 0 Å². The third-order valence-corrected chi connectivity index (χ3v) is 3.18. The van der Waals surface area contributed by atoms with Crippen molar-refractivity contribution in [3.05, 3.63) is 24.0 Å². The number of pyridine rings is 1. The van der Waals surface area contributed by atoms with Gasteiger partial charge in [0.05, 0.1) is 0 Å². The Morgan fingerprint density at radius 1 is 1.42 bits per heavy atom. The monoisotopic (exact) mass is 263 g/mol. The minimum absolute atomic E-state index is 0.0489. The molecule has 0 bridgehead atoms. The first-order valence-corrected chi connectivity index (χ1v) is 6.28. The predicted molar refractivity (Wildman–Crippen MR) is 68.6 cm³/mol. The van der Waals surface area contributed by atoms with Gasteiger partial charge in [-0.05, 0) is 25.0 Å². The Morgan fingerprint density at radius 2 is 2.11 bits per heavy atom. The van der Waals surface area contributed by atoms with Crippen LogP contribution in [0.2, 0.25) is 0 Å². The van der Waals surface area contributed by atoms with E-state index in [0.29, 0.717) is 13.1 Å². The SMILES string of the molecule is CC(=O)NC1CCN(C(=O)c2ncccc2O)CC1. The maximum absolute atomic E-state index is 12.2. The summed E-state index contributed by atoms with van der Waals surface area (Å²) in [6, 6.07) is 3.15. The van der Waals surface area contributed by atoms with Crippen LogP contribution >= 0.6 is 0 Å². The average molecular weight is 263 g/mol. The molecular weight excluding hydrogens is 246 g/mol. The van der Waals surface area contributed by atoms with E-state index in [1.165, 1.54) is 19.2 Å². The largest absolute Gasteiger partial charge is 0.505 e. The summed E-state index contributed by atoms with van der Waals surface area (Å²) in [6.45, 7) is 2.60. The fourth-order valence-electron chi connectivity index (χ4n) is 2.23. The molecule has 2 rings (SSSR count). The molecule has 6 heteroatoms. The fraction of sp³-hybridized carbons (Fsp3) is 0.462. The molecule has 1 fully saturated rings. The van der Waals surface area contributed by atoms with Crippen molar-refractivity contribution >= 4 is 11.8 Å². The van der Waals surface area contributed by atoms with Crippen LogP contribution in [0.5, 0.6) is 5.75 Å². The van der Waals surface area contributed by atoms with Gasteiger partial charge in [0.1, 0.15) is 5.75 Å². The van der Waals surface area contributed by atoms with Crippen LogP contribution in [0.25, 0.3) is 0 Å². The molecule has 1 aromatic rings. The number of rotatable bonds is 2. The number of carbonyl (C=O) groups is 2. The van der Waals surface area contributed by atoms with Gasteiger partial charge in [0, 0.05) is 32.3 Å². The minimum atomic E-state index is -0.264. The Morgan fingerprint density at radius 3 is 2.68 bits per heavy atom. The van der Waals surface area contributed by atoms with E-state index in [2.05, 4.69) is 10.3 Å². The van der Waals surface area contributed by atoms with Crippen LogP contribution in [0.15, 0.2) is 18.3 Å². The van der Waals surface area contributed by atoms with Gasteiger partial charge in [-0.2, -0.15) is 0 Å². The second-order valence-corrected chi connectivity index (χ2v) is 4.64. The van der Waals surface area contributed by atoms with Gasteiger partial charge in [-0.15, -0.1) is 0 Å². The second-order valence-electron chi connectivity index (χ2n) is 4.64. The zero-order valence-electron chi connectivity index (χ0n) is 10.8. The maximum Gasteiger partial charge on any atom is 0.276 e. The Balaban J connectivity index is 1.96. The summed E-state index contributed by atoms with van der Waals surface area (Å²) in [6.07, 6.45) is 2.93. The lowest BCUT2D eigenvalue weighted by molar-refractivity contribution is -0.119. The van der Waals surface area contributed by atoms with Crippen molar-refractivity contribution in [1.29, 1.82) is 0 Å². The average Bonchev–Trinajstić information content (AvgIpc) is 2.39. The van der Waals surface area contributed by atoms with E-state index in [9.17, 15) is 14.7 Å². The van der Waals surface area contributed by atoms with E-state index >= 15 is 0 Å². The standard InChI is InChI=1S/C13H17N3O3/c1-9(17)15-10-4-7-16(8-5-10)13(19)12-11(18)3-2-6-14-12/h2-3,6,10,18H,4-5,7-8H2,1H3,(H,15,17). The molecule has 1 aliphatic rings. The maximum atomic E-state index is 12.2. The molecular formula is C13H17N3O3. The first-order chi connectivity index (χ1) is 9.08. The molecule has 2 heterocycles. The van der Waals surface area contributed by atoms with Crippen molar-refractivity contribution in [1.82, 2.24) is 15.2 Å². The summed E-state index contributed by atoms with van der Waals surface area (Å²) in [5.74, 6) is -0.414. The number of likely N-dealkylation sites (tertiary alicyclic amines) is 1. The molecule has 0 radical (unpaired) electrons. The zero-order chi connectivity index (χ0) is 13.8. The fourth-order valence-corrected chi connectivity index (χ4v) is 2.23. The molecule has 19 heavy (non-hydrogen) atoms. The number of amides is 2. The van der Waals surface area contributed by atoms with E-state index in [1.807, 2.05) is 0 Å². The van der Waals surface area contributed by atoms with Crippen molar-refractivity contribution in [3.8, 4) is 5.75 Å². The molecule has 6 nitrogen and oxygen atoms in total. The van der Waals surface area contributed by atoms with Crippen LogP contribution in [0, 0.1) is 0 Å². The third-order valence-electron chi connectivity index (χ3n) is 3.18. The van der Waals surface area contributed by atoms with E-state index < -0.39 is 0 Å². The molecule has 0 saturated carbocycles. The molecule has 0 aliphatic carbocycles. The summed E-state index contributed by atoms with van der Waals surface area (Å²) < 4.78 is 0.